The number of carbonyl (C=O) groups is 1. The van der Waals surface area contributed by atoms with Gasteiger partial charge in [-0.3, -0.25) is 4.79 Å². The molecule has 2 heterocycles. The van der Waals surface area contributed by atoms with Gasteiger partial charge in [0.25, 0.3) is 5.91 Å². The molecule has 1 aromatic rings. The molecule has 2 aliphatic rings. The Morgan fingerprint density at radius 3 is 2.77 bits per heavy atom. The summed E-state index contributed by atoms with van der Waals surface area (Å²) in [4.78, 5) is 17.4. The first-order valence-corrected chi connectivity index (χ1v) is 8.18. The van der Waals surface area contributed by atoms with E-state index in [2.05, 4.69) is 22.9 Å². The average molecular weight is 297 g/mol. The third kappa shape index (κ3) is 2.86. The minimum atomic E-state index is 0.127. The zero-order chi connectivity index (χ0) is 15.5. The number of hydrogen-bond acceptors (Lipinski definition) is 3. The van der Waals surface area contributed by atoms with E-state index in [1.165, 1.54) is 12.8 Å². The molecule has 0 saturated carbocycles. The van der Waals surface area contributed by atoms with Crippen LogP contribution < -0.4 is 0 Å². The number of nitrogens with zero attached hydrogens (tertiary/aromatic N) is 3. The van der Waals surface area contributed by atoms with Crippen molar-refractivity contribution in [2.75, 3.05) is 20.1 Å². The SMILES string of the molecule is CN1CCC[C@H]1[C@H]1CCCN1C(=O)c1cccc(CC#N)c1. The first-order chi connectivity index (χ1) is 10.7. The minimum Gasteiger partial charge on any atom is -0.334 e. The summed E-state index contributed by atoms with van der Waals surface area (Å²) in [6, 6.07) is 10.5. The van der Waals surface area contributed by atoms with Crippen molar-refractivity contribution < 1.29 is 4.79 Å². The Labute approximate surface area is 132 Å². The largest absolute Gasteiger partial charge is 0.334 e. The van der Waals surface area contributed by atoms with E-state index < -0.39 is 0 Å². The minimum absolute atomic E-state index is 0.127. The summed E-state index contributed by atoms with van der Waals surface area (Å²) in [7, 11) is 2.17. The van der Waals surface area contributed by atoms with Crippen LogP contribution in [0, 0.1) is 11.3 Å². The molecular formula is C18H23N3O. The molecule has 2 saturated heterocycles. The molecule has 0 bridgehead atoms. The zero-order valence-electron chi connectivity index (χ0n) is 13.2. The molecule has 0 spiro atoms. The van der Waals surface area contributed by atoms with Crippen LogP contribution >= 0.6 is 0 Å². The van der Waals surface area contributed by atoms with Crippen LogP contribution in [0.3, 0.4) is 0 Å². The van der Waals surface area contributed by atoms with Gasteiger partial charge in [-0.1, -0.05) is 12.1 Å². The van der Waals surface area contributed by atoms with Gasteiger partial charge < -0.3 is 9.80 Å². The van der Waals surface area contributed by atoms with E-state index in [4.69, 9.17) is 5.26 Å². The van der Waals surface area contributed by atoms with E-state index in [9.17, 15) is 4.79 Å². The number of hydrogen-bond donors (Lipinski definition) is 0. The third-order valence-corrected chi connectivity index (χ3v) is 5.04. The second-order valence-electron chi connectivity index (χ2n) is 6.43. The van der Waals surface area contributed by atoms with Gasteiger partial charge in [0.15, 0.2) is 0 Å². The molecular weight excluding hydrogens is 274 g/mol. The lowest BCUT2D eigenvalue weighted by Crippen LogP contribution is -2.47. The molecule has 0 unspecified atom stereocenters. The van der Waals surface area contributed by atoms with Crippen LogP contribution in [0.4, 0.5) is 0 Å². The van der Waals surface area contributed by atoms with E-state index in [0.29, 0.717) is 18.5 Å². The van der Waals surface area contributed by atoms with Gasteiger partial charge in [0.2, 0.25) is 0 Å². The standard InChI is InChI=1S/C18H23N3O/c1-20-11-3-7-16(20)17-8-4-12-21(17)18(22)15-6-2-5-14(13-15)9-10-19/h2,5-6,13,16-17H,3-4,7-9,11-12H2,1H3/t16-,17+/m0/s1. The number of benzene rings is 1. The maximum atomic E-state index is 12.9. The van der Waals surface area contributed by atoms with Crippen molar-refractivity contribution in [3.05, 3.63) is 35.4 Å². The second kappa shape index (κ2) is 6.50. The number of likely N-dealkylation sites (tertiary alicyclic amines) is 2. The summed E-state index contributed by atoms with van der Waals surface area (Å²) in [5, 5.41) is 8.82. The van der Waals surface area contributed by atoms with Crippen LogP contribution in [-0.2, 0) is 6.42 Å². The first kappa shape index (κ1) is 15.1. The van der Waals surface area contributed by atoms with Crippen LogP contribution in [0.5, 0.6) is 0 Å². The molecule has 0 N–H and O–H groups in total. The van der Waals surface area contributed by atoms with Crippen LogP contribution in [-0.4, -0.2) is 47.9 Å². The molecule has 0 aliphatic carbocycles. The van der Waals surface area contributed by atoms with Gasteiger partial charge in [0, 0.05) is 24.2 Å². The normalized spacial score (nSPS) is 25.4. The van der Waals surface area contributed by atoms with Crippen molar-refractivity contribution in [1.29, 1.82) is 5.26 Å². The van der Waals surface area contributed by atoms with Crippen LogP contribution in [0.2, 0.25) is 0 Å². The van der Waals surface area contributed by atoms with Crippen molar-refractivity contribution >= 4 is 5.91 Å². The molecule has 2 fully saturated rings. The van der Waals surface area contributed by atoms with E-state index in [1.807, 2.05) is 24.3 Å². The molecule has 2 aliphatic heterocycles. The molecule has 2 atom stereocenters. The van der Waals surface area contributed by atoms with Gasteiger partial charge >= 0.3 is 0 Å². The van der Waals surface area contributed by atoms with Gasteiger partial charge in [-0.2, -0.15) is 5.26 Å². The van der Waals surface area contributed by atoms with Gasteiger partial charge in [0.1, 0.15) is 0 Å². The van der Waals surface area contributed by atoms with E-state index in [0.717, 1.165) is 37.1 Å². The number of nitriles is 1. The lowest BCUT2D eigenvalue weighted by molar-refractivity contribution is 0.0664. The maximum absolute atomic E-state index is 12.9. The fourth-order valence-electron chi connectivity index (χ4n) is 3.94. The summed E-state index contributed by atoms with van der Waals surface area (Å²) < 4.78 is 0. The summed E-state index contributed by atoms with van der Waals surface area (Å²) >= 11 is 0. The summed E-state index contributed by atoms with van der Waals surface area (Å²) in [5.74, 6) is 0.127. The van der Waals surface area contributed by atoms with E-state index in [1.54, 1.807) is 0 Å². The Balaban J connectivity index is 1.78. The summed E-state index contributed by atoms with van der Waals surface area (Å²) in [5.41, 5.74) is 1.64. The quantitative estimate of drug-likeness (QED) is 0.861. The molecule has 4 heteroatoms. The van der Waals surface area contributed by atoms with Gasteiger partial charge in [-0.25, -0.2) is 0 Å². The Kier molecular flexibility index (Phi) is 4.44. The lowest BCUT2D eigenvalue weighted by Gasteiger charge is -2.33. The highest BCUT2D eigenvalue weighted by Crippen LogP contribution is 2.30. The third-order valence-electron chi connectivity index (χ3n) is 5.04. The molecule has 116 valence electrons. The van der Waals surface area contributed by atoms with Crippen molar-refractivity contribution in [2.45, 2.75) is 44.2 Å². The van der Waals surface area contributed by atoms with Gasteiger partial charge in [-0.05, 0) is 57.0 Å². The van der Waals surface area contributed by atoms with E-state index in [-0.39, 0.29) is 5.91 Å². The molecule has 3 rings (SSSR count). The monoisotopic (exact) mass is 297 g/mol. The van der Waals surface area contributed by atoms with Gasteiger partial charge in [-0.15, -0.1) is 0 Å². The smallest absolute Gasteiger partial charge is 0.254 e. The molecule has 22 heavy (non-hydrogen) atoms. The fourth-order valence-corrected chi connectivity index (χ4v) is 3.94. The maximum Gasteiger partial charge on any atom is 0.254 e. The fraction of sp³-hybridized carbons (Fsp3) is 0.556. The topological polar surface area (TPSA) is 47.3 Å². The highest BCUT2D eigenvalue weighted by atomic mass is 16.2. The number of rotatable bonds is 3. The molecule has 1 amide bonds. The molecule has 0 aromatic heterocycles. The van der Waals surface area contributed by atoms with E-state index >= 15 is 0 Å². The van der Waals surface area contributed by atoms with Crippen molar-refractivity contribution in [1.82, 2.24) is 9.80 Å². The predicted octanol–water partition coefficient (Wildman–Crippen LogP) is 2.45. The predicted molar refractivity (Wildman–Crippen MR) is 85.5 cm³/mol. The lowest BCUT2D eigenvalue weighted by atomic mass is 10.0. The second-order valence-corrected chi connectivity index (χ2v) is 6.43. The van der Waals surface area contributed by atoms with Crippen LogP contribution in [0.25, 0.3) is 0 Å². The molecule has 4 nitrogen and oxygen atoms in total. The number of carbonyl (C=O) groups excluding carboxylic acids is 1. The zero-order valence-corrected chi connectivity index (χ0v) is 13.2. The number of amides is 1. The Morgan fingerprint density at radius 2 is 2.05 bits per heavy atom. The Bertz CT molecular complexity index is 592. The van der Waals surface area contributed by atoms with Crippen molar-refractivity contribution in [3.63, 3.8) is 0 Å². The highest BCUT2D eigenvalue weighted by Gasteiger charge is 2.38. The first-order valence-electron chi connectivity index (χ1n) is 8.18. The average Bonchev–Trinajstić information content (AvgIpc) is 3.15. The summed E-state index contributed by atoms with van der Waals surface area (Å²) in [6.45, 7) is 2.00. The van der Waals surface area contributed by atoms with Crippen LogP contribution in [0.15, 0.2) is 24.3 Å². The van der Waals surface area contributed by atoms with Gasteiger partial charge in [0.05, 0.1) is 12.5 Å². The van der Waals surface area contributed by atoms with Crippen molar-refractivity contribution in [3.8, 4) is 6.07 Å². The highest BCUT2D eigenvalue weighted by molar-refractivity contribution is 5.94. The Morgan fingerprint density at radius 1 is 1.27 bits per heavy atom. The Hall–Kier alpha value is -1.86. The van der Waals surface area contributed by atoms with Crippen molar-refractivity contribution in [2.24, 2.45) is 0 Å². The molecule has 0 radical (unpaired) electrons. The number of likely N-dealkylation sites (N-methyl/N-ethyl adjacent to an activating group) is 1. The van der Waals surface area contributed by atoms with Crippen LogP contribution in [0.1, 0.15) is 41.6 Å². The summed E-state index contributed by atoms with van der Waals surface area (Å²) in [6.07, 6.45) is 4.99. The molecule has 1 aromatic carbocycles.